The van der Waals surface area contributed by atoms with Crippen LogP contribution in [-0.2, 0) is 0 Å². The van der Waals surface area contributed by atoms with Crippen LogP contribution in [0.5, 0.6) is 0 Å². The molecule has 0 saturated carbocycles. The molecule has 0 aliphatic carbocycles. The van der Waals surface area contributed by atoms with E-state index in [0.717, 1.165) is 0 Å². The zero-order valence-corrected chi connectivity index (χ0v) is 11.5. The molecule has 15 heavy (non-hydrogen) atoms. The van der Waals surface area contributed by atoms with Crippen LogP contribution in [-0.4, -0.2) is 11.8 Å². The standard InChI is InChI=1S/C12H16BrNS/c1-3-10-7-15-12(14-10)9-5-4-8(2)11(13)6-9/h4-6,10,12,14H,3,7H2,1-2H3. The molecule has 0 bridgehead atoms. The van der Waals surface area contributed by atoms with Gasteiger partial charge in [0.1, 0.15) is 0 Å². The summed E-state index contributed by atoms with van der Waals surface area (Å²) in [6.07, 6.45) is 1.22. The number of benzene rings is 1. The van der Waals surface area contributed by atoms with Crippen LogP contribution >= 0.6 is 27.7 Å². The number of halogens is 1. The molecule has 1 nitrogen and oxygen atoms in total. The molecule has 1 aromatic carbocycles. The molecule has 1 aromatic rings. The summed E-state index contributed by atoms with van der Waals surface area (Å²) in [6.45, 7) is 4.36. The SMILES string of the molecule is CCC1CSC(c2ccc(C)c(Br)c2)N1. The second-order valence-corrected chi connectivity index (χ2v) is 5.99. The predicted molar refractivity (Wildman–Crippen MR) is 71.3 cm³/mol. The molecule has 1 heterocycles. The van der Waals surface area contributed by atoms with Crippen molar-refractivity contribution in [2.75, 3.05) is 5.75 Å². The molecule has 0 spiro atoms. The Labute approximate surface area is 104 Å². The maximum Gasteiger partial charge on any atom is 0.0792 e. The highest BCUT2D eigenvalue weighted by Gasteiger charge is 2.24. The summed E-state index contributed by atoms with van der Waals surface area (Å²) in [4.78, 5) is 0. The minimum Gasteiger partial charge on any atom is -0.298 e. The number of nitrogens with one attached hydrogen (secondary N) is 1. The lowest BCUT2D eigenvalue weighted by atomic mass is 10.1. The van der Waals surface area contributed by atoms with Crippen molar-refractivity contribution in [3.8, 4) is 0 Å². The molecule has 3 heteroatoms. The Hall–Kier alpha value is 0.01000. The highest BCUT2D eigenvalue weighted by atomic mass is 79.9. The third-order valence-corrected chi connectivity index (χ3v) is 5.03. The van der Waals surface area contributed by atoms with E-state index in [1.165, 1.54) is 27.8 Å². The van der Waals surface area contributed by atoms with Crippen molar-refractivity contribution in [2.24, 2.45) is 0 Å². The quantitative estimate of drug-likeness (QED) is 0.885. The average molecular weight is 286 g/mol. The third kappa shape index (κ3) is 2.58. The number of hydrogen-bond acceptors (Lipinski definition) is 2. The number of hydrogen-bond donors (Lipinski definition) is 1. The van der Waals surface area contributed by atoms with Gasteiger partial charge in [-0.25, -0.2) is 0 Å². The van der Waals surface area contributed by atoms with Crippen LogP contribution in [0.15, 0.2) is 22.7 Å². The maximum absolute atomic E-state index is 3.65. The van der Waals surface area contributed by atoms with Gasteiger partial charge in [0, 0.05) is 16.3 Å². The van der Waals surface area contributed by atoms with Crippen molar-refractivity contribution >= 4 is 27.7 Å². The summed E-state index contributed by atoms with van der Waals surface area (Å²) in [5, 5.41) is 4.12. The van der Waals surface area contributed by atoms with Gasteiger partial charge in [-0.1, -0.05) is 35.0 Å². The monoisotopic (exact) mass is 285 g/mol. The first-order chi connectivity index (χ1) is 7.20. The highest BCUT2D eigenvalue weighted by molar-refractivity contribution is 9.10. The fourth-order valence-electron chi connectivity index (χ4n) is 1.72. The molecule has 0 amide bonds. The Kier molecular flexibility index (Phi) is 3.75. The number of thioether (sulfide) groups is 1. The van der Waals surface area contributed by atoms with Crippen molar-refractivity contribution in [2.45, 2.75) is 31.7 Å². The summed E-state index contributed by atoms with van der Waals surface area (Å²) in [5.41, 5.74) is 2.68. The highest BCUT2D eigenvalue weighted by Crippen LogP contribution is 2.35. The minimum absolute atomic E-state index is 0.479. The van der Waals surface area contributed by atoms with Crippen LogP contribution in [0.1, 0.15) is 29.8 Å². The third-order valence-electron chi connectivity index (χ3n) is 2.84. The van der Waals surface area contributed by atoms with E-state index < -0.39 is 0 Å². The van der Waals surface area contributed by atoms with Crippen LogP contribution < -0.4 is 5.32 Å². The lowest BCUT2D eigenvalue weighted by Crippen LogP contribution is -2.24. The molecule has 0 radical (unpaired) electrons. The zero-order valence-electron chi connectivity index (χ0n) is 9.09. The molecule has 1 fully saturated rings. The van der Waals surface area contributed by atoms with E-state index >= 15 is 0 Å². The van der Waals surface area contributed by atoms with Gasteiger partial charge in [-0.3, -0.25) is 5.32 Å². The normalized spacial score (nSPS) is 25.8. The second kappa shape index (κ2) is 4.89. The lowest BCUT2D eigenvalue weighted by molar-refractivity contribution is 0.561. The van der Waals surface area contributed by atoms with E-state index in [-0.39, 0.29) is 0 Å². The van der Waals surface area contributed by atoms with Gasteiger partial charge in [0.15, 0.2) is 0 Å². The van der Waals surface area contributed by atoms with Crippen LogP contribution in [0.2, 0.25) is 0 Å². The van der Waals surface area contributed by atoms with E-state index in [1.807, 2.05) is 11.8 Å². The largest absolute Gasteiger partial charge is 0.298 e. The predicted octanol–water partition coefficient (Wildman–Crippen LogP) is 3.87. The van der Waals surface area contributed by atoms with Gasteiger partial charge in [-0.15, -0.1) is 11.8 Å². The van der Waals surface area contributed by atoms with Crippen LogP contribution in [0, 0.1) is 6.92 Å². The molecule has 1 aliphatic rings. The van der Waals surface area contributed by atoms with E-state index in [1.54, 1.807) is 0 Å². The molecule has 1 saturated heterocycles. The molecule has 0 aromatic heterocycles. The Morgan fingerprint density at radius 3 is 2.93 bits per heavy atom. The van der Waals surface area contributed by atoms with Crippen LogP contribution in [0.4, 0.5) is 0 Å². The fourth-order valence-corrected chi connectivity index (χ4v) is 3.50. The van der Waals surface area contributed by atoms with Gasteiger partial charge < -0.3 is 0 Å². The van der Waals surface area contributed by atoms with Gasteiger partial charge in [0.25, 0.3) is 0 Å². The Morgan fingerprint density at radius 2 is 2.33 bits per heavy atom. The number of aryl methyl sites for hydroxylation is 1. The van der Waals surface area contributed by atoms with Gasteiger partial charge in [0.2, 0.25) is 0 Å². The second-order valence-electron chi connectivity index (χ2n) is 3.99. The van der Waals surface area contributed by atoms with Gasteiger partial charge in [-0.2, -0.15) is 0 Å². The van der Waals surface area contributed by atoms with E-state index in [9.17, 15) is 0 Å². The molecule has 82 valence electrons. The van der Waals surface area contributed by atoms with Crippen molar-refractivity contribution in [3.05, 3.63) is 33.8 Å². The molecule has 1 aliphatic heterocycles. The molecule has 2 unspecified atom stereocenters. The van der Waals surface area contributed by atoms with E-state index in [0.29, 0.717) is 11.4 Å². The summed E-state index contributed by atoms with van der Waals surface area (Å²) in [6, 6.07) is 7.32. The lowest BCUT2D eigenvalue weighted by Gasteiger charge is -2.13. The number of rotatable bonds is 2. The van der Waals surface area contributed by atoms with Crippen LogP contribution in [0.25, 0.3) is 0 Å². The van der Waals surface area contributed by atoms with Crippen molar-refractivity contribution in [3.63, 3.8) is 0 Å². The van der Waals surface area contributed by atoms with E-state index in [2.05, 4.69) is 53.3 Å². The van der Waals surface area contributed by atoms with E-state index in [4.69, 9.17) is 0 Å². The van der Waals surface area contributed by atoms with Gasteiger partial charge in [0.05, 0.1) is 5.37 Å². The van der Waals surface area contributed by atoms with Crippen molar-refractivity contribution in [1.82, 2.24) is 5.32 Å². The summed E-state index contributed by atoms with van der Waals surface area (Å²) >= 11 is 5.60. The summed E-state index contributed by atoms with van der Waals surface area (Å²) < 4.78 is 1.21. The molecule has 1 N–H and O–H groups in total. The van der Waals surface area contributed by atoms with Gasteiger partial charge in [-0.05, 0) is 30.5 Å². The maximum atomic E-state index is 3.65. The Morgan fingerprint density at radius 1 is 1.53 bits per heavy atom. The average Bonchev–Trinajstić information content (AvgIpc) is 2.70. The Bertz CT molecular complexity index is 353. The first-order valence-corrected chi connectivity index (χ1v) is 7.18. The fraction of sp³-hybridized carbons (Fsp3) is 0.500. The minimum atomic E-state index is 0.479. The first kappa shape index (κ1) is 11.5. The van der Waals surface area contributed by atoms with Crippen molar-refractivity contribution in [1.29, 1.82) is 0 Å². The molecular weight excluding hydrogens is 270 g/mol. The first-order valence-electron chi connectivity index (χ1n) is 5.34. The topological polar surface area (TPSA) is 12.0 Å². The van der Waals surface area contributed by atoms with Crippen LogP contribution in [0.3, 0.4) is 0 Å². The smallest absolute Gasteiger partial charge is 0.0792 e. The van der Waals surface area contributed by atoms with Crippen molar-refractivity contribution < 1.29 is 0 Å². The zero-order chi connectivity index (χ0) is 10.8. The van der Waals surface area contributed by atoms with Gasteiger partial charge >= 0.3 is 0 Å². The summed E-state index contributed by atoms with van der Waals surface area (Å²) in [5.74, 6) is 1.23. The molecular formula is C12H16BrNS. The Balaban J connectivity index is 2.13. The molecule has 2 rings (SSSR count). The molecule has 2 atom stereocenters. The summed E-state index contributed by atoms with van der Waals surface area (Å²) in [7, 11) is 0.